The monoisotopic (exact) mass is 428 g/mol. The number of carbonyl (C=O) groups is 1. The van der Waals surface area contributed by atoms with Gasteiger partial charge in [-0.1, -0.05) is 11.6 Å². The molecule has 3 aromatic rings. The molecular weight excluding hydrogens is 422 g/mol. The Morgan fingerprint density at radius 1 is 1.17 bits per heavy atom. The second-order valence-corrected chi connectivity index (χ2v) is 6.87. The lowest BCUT2D eigenvalue weighted by Crippen LogP contribution is -2.11. The molecule has 0 spiro atoms. The van der Waals surface area contributed by atoms with Crippen LogP contribution in [0.2, 0.25) is 5.02 Å². The normalized spacial score (nSPS) is 10.7. The molecule has 1 amide bonds. The second-order valence-electron chi connectivity index (χ2n) is 4.75. The average Bonchev–Trinajstić information content (AvgIpc) is 3.01. The van der Waals surface area contributed by atoms with Gasteiger partial charge in [0.2, 0.25) is 0 Å². The molecule has 0 fully saturated rings. The van der Waals surface area contributed by atoms with Crippen molar-refractivity contribution in [3.63, 3.8) is 0 Å². The number of rotatable bonds is 3. The number of anilines is 1. The van der Waals surface area contributed by atoms with E-state index in [9.17, 15) is 13.6 Å². The topological polar surface area (TPSA) is 42.0 Å². The molecule has 2 aromatic carbocycles. The van der Waals surface area contributed by atoms with Crippen LogP contribution in [0.3, 0.4) is 0 Å². The van der Waals surface area contributed by atoms with E-state index in [2.05, 4.69) is 26.2 Å². The van der Waals surface area contributed by atoms with Crippen molar-refractivity contribution in [2.45, 2.75) is 0 Å². The Balaban J connectivity index is 1.79. The highest BCUT2D eigenvalue weighted by molar-refractivity contribution is 9.10. The minimum atomic E-state index is -0.947. The molecule has 0 radical (unpaired) electrons. The lowest BCUT2D eigenvalue weighted by molar-refractivity contribution is 0.102. The highest BCUT2D eigenvalue weighted by Gasteiger charge is 2.12. The average molecular weight is 430 g/mol. The zero-order chi connectivity index (χ0) is 17.3. The largest absolute Gasteiger partial charge is 0.298 e. The van der Waals surface area contributed by atoms with Gasteiger partial charge in [-0.15, -0.1) is 11.3 Å². The van der Waals surface area contributed by atoms with Gasteiger partial charge in [0.15, 0.2) is 16.8 Å². The summed E-state index contributed by atoms with van der Waals surface area (Å²) in [6.07, 6.45) is 0. The van der Waals surface area contributed by atoms with Gasteiger partial charge in [0, 0.05) is 21.0 Å². The van der Waals surface area contributed by atoms with E-state index in [1.54, 1.807) is 23.6 Å². The van der Waals surface area contributed by atoms with Crippen LogP contribution in [-0.2, 0) is 0 Å². The van der Waals surface area contributed by atoms with Crippen molar-refractivity contribution in [2.75, 3.05) is 5.32 Å². The van der Waals surface area contributed by atoms with Crippen LogP contribution in [0, 0.1) is 11.6 Å². The molecule has 8 heteroatoms. The van der Waals surface area contributed by atoms with Crippen LogP contribution in [0.15, 0.2) is 46.3 Å². The lowest BCUT2D eigenvalue weighted by atomic mass is 10.2. The summed E-state index contributed by atoms with van der Waals surface area (Å²) < 4.78 is 26.9. The van der Waals surface area contributed by atoms with Crippen molar-refractivity contribution >= 4 is 49.9 Å². The summed E-state index contributed by atoms with van der Waals surface area (Å²) >= 11 is 10.3. The van der Waals surface area contributed by atoms with Crippen LogP contribution in [0.5, 0.6) is 0 Å². The standard InChI is InChI=1S/C16H8BrClF2N2OS/c17-10-5-9(1-3-11(10)18)15(23)22-16-21-14(7-24-16)8-2-4-12(19)13(20)6-8/h1-7H,(H,21,22,23). The molecule has 0 saturated heterocycles. The third-order valence-corrected chi connectivity index (χ3v) is 5.09. The van der Waals surface area contributed by atoms with E-state index in [4.69, 9.17) is 11.6 Å². The predicted octanol–water partition coefficient (Wildman–Crippen LogP) is 5.76. The van der Waals surface area contributed by atoms with E-state index in [0.717, 1.165) is 12.1 Å². The van der Waals surface area contributed by atoms with Gasteiger partial charge in [0.05, 0.1) is 10.7 Å². The Bertz CT molecular complexity index is 932. The molecule has 0 bridgehead atoms. The van der Waals surface area contributed by atoms with Crippen LogP contribution >= 0.6 is 38.9 Å². The molecule has 1 aromatic heterocycles. The number of benzene rings is 2. The quantitative estimate of drug-likeness (QED) is 0.575. The molecule has 0 unspecified atom stereocenters. The molecule has 122 valence electrons. The van der Waals surface area contributed by atoms with Crippen molar-refractivity contribution in [3.05, 3.63) is 68.5 Å². The maximum atomic E-state index is 13.3. The van der Waals surface area contributed by atoms with Gasteiger partial charge < -0.3 is 0 Å². The molecule has 1 heterocycles. The second kappa shape index (κ2) is 6.96. The van der Waals surface area contributed by atoms with Gasteiger partial charge in [-0.05, 0) is 52.3 Å². The Morgan fingerprint density at radius 2 is 1.96 bits per heavy atom. The number of hydrogen-bond acceptors (Lipinski definition) is 3. The summed E-state index contributed by atoms with van der Waals surface area (Å²) in [5.74, 6) is -2.22. The summed E-state index contributed by atoms with van der Waals surface area (Å²) in [7, 11) is 0. The summed E-state index contributed by atoms with van der Waals surface area (Å²) in [6.45, 7) is 0. The highest BCUT2D eigenvalue weighted by atomic mass is 79.9. The Kier molecular flexibility index (Phi) is 4.93. The first-order valence-corrected chi connectivity index (χ1v) is 8.66. The molecule has 3 nitrogen and oxygen atoms in total. The summed E-state index contributed by atoms with van der Waals surface area (Å²) in [5, 5.41) is 5.16. The number of thiazole rings is 1. The number of halogens is 4. The molecule has 1 N–H and O–H groups in total. The highest BCUT2D eigenvalue weighted by Crippen LogP contribution is 2.27. The van der Waals surface area contributed by atoms with E-state index in [1.807, 2.05) is 0 Å². The van der Waals surface area contributed by atoms with Crippen molar-refractivity contribution in [3.8, 4) is 11.3 Å². The van der Waals surface area contributed by atoms with E-state index in [1.165, 1.54) is 17.4 Å². The number of hydrogen-bond donors (Lipinski definition) is 1. The van der Waals surface area contributed by atoms with Crippen LogP contribution in [0.1, 0.15) is 10.4 Å². The number of amides is 1. The molecule has 0 aliphatic heterocycles. The third kappa shape index (κ3) is 3.63. The maximum absolute atomic E-state index is 13.3. The smallest absolute Gasteiger partial charge is 0.257 e. The Morgan fingerprint density at radius 3 is 2.67 bits per heavy atom. The van der Waals surface area contributed by atoms with Crippen molar-refractivity contribution in [2.24, 2.45) is 0 Å². The van der Waals surface area contributed by atoms with Crippen molar-refractivity contribution < 1.29 is 13.6 Å². The maximum Gasteiger partial charge on any atom is 0.257 e. The zero-order valence-corrected chi connectivity index (χ0v) is 15.0. The van der Waals surface area contributed by atoms with E-state index >= 15 is 0 Å². The van der Waals surface area contributed by atoms with Gasteiger partial charge in [0.1, 0.15) is 0 Å². The van der Waals surface area contributed by atoms with Crippen molar-refractivity contribution in [1.82, 2.24) is 4.98 Å². The summed E-state index contributed by atoms with van der Waals surface area (Å²) in [5.41, 5.74) is 1.29. The third-order valence-electron chi connectivity index (χ3n) is 3.12. The van der Waals surface area contributed by atoms with Gasteiger partial charge in [-0.25, -0.2) is 13.8 Å². The number of nitrogens with zero attached hydrogens (tertiary/aromatic N) is 1. The van der Waals surface area contributed by atoms with Crippen LogP contribution in [0.4, 0.5) is 13.9 Å². The first-order valence-electron chi connectivity index (χ1n) is 6.61. The fourth-order valence-electron chi connectivity index (χ4n) is 1.93. The SMILES string of the molecule is O=C(Nc1nc(-c2ccc(F)c(F)c2)cs1)c1ccc(Cl)c(Br)c1. The summed E-state index contributed by atoms with van der Waals surface area (Å²) in [4.78, 5) is 16.4. The molecule has 3 rings (SSSR count). The fourth-order valence-corrected chi connectivity index (χ4v) is 3.14. The van der Waals surface area contributed by atoms with Gasteiger partial charge in [-0.2, -0.15) is 0 Å². The molecule has 0 atom stereocenters. The summed E-state index contributed by atoms with van der Waals surface area (Å²) in [6, 6.07) is 8.32. The molecule has 0 aliphatic rings. The minimum Gasteiger partial charge on any atom is -0.298 e. The minimum absolute atomic E-state index is 0.349. The van der Waals surface area contributed by atoms with E-state index in [0.29, 0.717) is 31.4 Å². The first-order chi connectivity index (χ1) is 11.4. The predicted molar refractivity (Wildman–Crippen MR) is 94.6 cm³/mol. The molecule has 24 heavy (non-hydrogen) atoms. The number of aromatic nitrogens is 1. The van der Waals surface area contributed by atoms with Crippen molar-refractivity contribution in [1.29, 1.82) is 0 Å². The fraction of sp³-hybridized carbons (Fsp3) is 0. The van der Waals surface area contributed by atoms with E-state index < -0.39 is 11.6 Å². The Labute approximate surface area is 153 Å². The zero-order valence-electron chi connectivity index (χ0n) is 11.8. The van der Waals surface area contributed by atoms with Gasteiger partial charge in [-0.3, -0.25) is 10.1 Å². The molecule has 0 saturated carbocycles. The Hall–Kier alpha value is -1.83. The number of carbonyl (C=O) groups excluding carboxylic acids is 1. The number of nitrogens with one attached hydrogen (secondary N) is 1. The van der Waals surface area contributed by atoms with Crippen LogP contribution in [-0.4, -0.2) is 10.9 Å². The van der Waals surface area contributed by atoms with Crippen LogP contribution in [0.25, 0.3) is 11.3 Å². The van der Waals surface area contributed by atoms with Crippen LogP contribution < -0.4 is 5.32 Å². The van der Waals surface area contributed by atoms with Gasteiger partial charge >= 0.3 is 0 Å². The molecule has 0 aliphatic carbocycles. The molecular formula is C16H8BrClF2N2OS. The first kappa shape index (κ1) is 17.0. The van der Waals surface area contributed by atoms with E-state index in [-0.39, 0.29) is 5.91 Å². The van der Waals surface area contributed by atoms with Gasteiger partial charge in [0.25, 0.3) is 5.91 Å². The lowest BCUT2D eigenvalue weighted by Gasteiger charge is -2.03.